The van der Waals surface area contributed by atoms with Gasteiger partial charge in [0.25, 0.3) is 10.0 Å². The van der Waals surface area contributed by atoms with Crippen molar-refractivity contribution in [1.82, 2.24) is 14.1 Å². The lowest BCUT2D eigenvalue weighted by atomic mass is 9.89. The van der Waals surface area contributed by atoms with Crippen molar-refractivity contribution in [3.05, 3.63) is 48.2 Å². The van der Waals surface area contributed by atoms with Crippen LogP contribution in [0.4, 0.5) is 0 Å². The van der Waals surface area contributed by atoms with Crippen LogP contribution in [0.5, 0.6) is 0 Å². The van der Waals surface area contributed by atoms with Gasteiger partial charge in [-0.2, -0.15) is 9.40 Å². The molecule has 5 nitrogen and oxygen atoms in total. The monoisotopic (exact) mass is 319 g/mol. The van der Waals surface area contributed by atoms with Crippen LogP contribution < -0.4 is 0 Å². The van der Waals surface area contributed by atoms with Crippen LogP contribution in [-0.2, 0) is 17.1 Å². The van der Waals surface area contributed by atoms with Crippen molar-refractivity contribution in [2.24, 2.45) is 12.5 Å². The van der Waals surface area contributed by atoms with Gasteiger partial charge < -0.3 is 0 Å². The molecule has 1 atom stereocenters. The molecule has 118 valence electrons. The number of aryl methyl sites for hydroxylation is 1. The van der Waals surface area contributed by atoms with Gasteiger partial charge in [-0.05, 0) is 23.5 Å². The van der Waals surface area contributed by atoms with E-state index in [1.165, 1.54) is 10.9 Å². The van der Waals surface area contributed by atoms with Crippen LogP contribution in [0, 0.1) is 5.41 Å². The minimum absolute atomic E-state index is 0.0494. The fraction of sp³-hybridized carbons (Fsp3) is 0.438. The van der Waals surface area contributed by atoms with E-state index in [-0.39, 0.29) is 16.5 Å². The Morgan fingerprint density at radius 3 is 2.45 bits per heavy atom. The molecule has 22 heavy (non-hydrogen) atoms. The first kappa shape index (κ1) is 15.2. The molecule has 1 aliphatic rings. The summed E-state index contributed by atoms with van der Waals surface area (Å²) in [5, 5.41) is 4.24. The zero-order chi connectivity index (χ0) is 16.0. The van der Waals surface area contributed by atoms with Crippen molar-refractivity contribution in [1.29, 1.82) is 0 Å². The highest BCUT2D eigenvalue weighted by Crippen LogP contribution is 2.45. The van der Waals surface area contributed by atoms with Gasteiger partial charge in [-0.25, -0.2) is 8.42 Å². The third-order valence-corrected chi connectivity index (χ3v) is 6.14. The summed E-state index contributed by atoms with van der Waals surface area (Å²) in [6.45, 7) is 4.74. The summed E-state index contributed by atoms with van der Waals surface area (Å²) in [7, 11) is -1.90. The normalized spacial score (nSPS) is 22.0. The summed E-state index contributed by atoms with van der Waals surface area (Å²) in [6, 6.07) is 11.3. The van der Waals surface area contributed by atoms with E-state index in [2.05, 4.69) is 18.9 Å². The highest BCUT2D eigenvalue weighted by atomic mass is 32.2. The second-order valence-corrected chi connectivity index (χ2v) is 8.48. The molecule has 6 heteroatoms. The lowest BCUT2D eigenvalue weighted by molar-refractivity contribution is 0.365. The molecular formula is C16H21N3O2S. The van der Waals surface area contributed by atoms with Crippen molar-refractivity contribution in [2.75, 3.05) is 6.54 Å². The van der Waals surface area contributed by atoms with E-state index < -0.39 is 10.0 Å². The van der Waals surface area contributed by atoms with Crippen molar-refractivity contribution in [2.45, 2.75) is 31.3 Å². The Kier molecular flexibility index (Phi) is 3.61. The molecule has 2 heterocycles. The Morgan fingerprint density at radius 2 is 1.86 bits per heavy atom. The summed E-state index contributed by atoms with van der Waals surface area (Å²) >= 11 is 0. The maximum absolute atomic E-state index is 13.1. The molecule has 0 spiro atoms. The molecule has 1 aromatic heterocycles. The number of nitrogens with zero attached hydrogens (tertiary/aromatic N) is 3. The van der Waals surface area contributed by atoms with Crippen LogP contribution in [-0.4, -0.2) is 29.0 Å². The molecule has 1 unspecified atom stereocenters. The third-order valence-electron chi connectivity index (χ3n) is 4.21. The predicted molar refractivity (Wildman–Crippen MR) is 84.7 cm³/mol. The quantitative estimate of drug-likeness (QED) is 0.874. The molecule has 0 saturated carbocycles. The summed E-state index contributed by atoms with van der Waals surface area (Å²) < 4.78 is 29.1. The Bertz CT molecular complexity index is 766. The van der Waals surface area contributed by atoms with E-state index in [1.54, 1.807) is 17.4 Å². The van der Waals surface area contributed by atoms with Crippen LogP contribution in [0.15, 0.2) is 47.6 Å². The van der Waals surface area contributed by atoms with E-state index in [1.807, 2.05) is 30.3 Å². The Labute approximate surface area is 131 Å². The molecule has 1 fully saturated rings. The topological polar surface area (TPSA) is 55.2 Å². The second-order valence-electron chi connectivity index (χ2n) is 6.64. The maximum Gasteiger partial charge on any atom is 0.260 e. The molecule has 1 aliphatic heterocycles. The number of aromatic nitrogens is 2. The van der Waals surface area contributed by atoms with Crippen LogP contribution >= 0.6 is 0 Å². The highest BCUT2D eigenvalue weighted by molar-refractivity contribution is 7.89. The van der Waals surface area contributed by atoms with E-state index in [0.29, 0.717) is 6.54 Å². The van der Waals surface area contributed by atoms with E-state index in [0.717, 1.165) is 12.0 Å². The minimum atomic E-state index is -3.56. The van der Waals surface area contributed by atoms with Gasteiger partial charge in [0.1, 0.15) is 0 Å². The van der Waals surface area contributed by atoms with E-state index in [9.17, 15) is 8.42 Å². The number of sulfonamides is 1. The van der Waals surface area contributed by atoms with Crippen LogP contribution in [0.1, 0.15) is 31.9 Å². The van der Waals surface area contributed by atoms with Gasteiger partial charge in [0, 0.05) is 13.6 Å². The summed E-state index contributed by atoms with van der Waals surface area (Å²) in [4.78, 5) is 0. The second kappa shape index (κ2) is 5.21. The number of benzene rings is 1. The molecule has 0 aliphatic carbocycles. The molecule has 0 bridgehead atoms. The Balaban J connectivity index is 2.06. The molecule has 3 rings (SSSR count). The largest absolute Gasteiger partial charge is 0.260 e. The lowest BCUT2D eigenvalue weighted by Gasteiger charge is -2.24. The SMILES string of the molecule is Cn1nccc1S(=O)(=O)N1CC(C)(C)CC1c1ccccc1. The molecule has 1 saturated heterocycles. The first-order valence-corrected chi connectivity index (χ1v) is 8.80. The van der Waals surface area contributed by atoms with Crippen LogP contribution in [0.2, 0.25) is 0 Å². The fourth-order valence-electron chi connectivity index (χ4n) is 3.17. The van der Waals surface area contributed by atoms with Crippen LogP contribution in [0.25, 0.3) is 0 Å². The zero-order valence-electron chi connectivity index (χ0n) is 13.1. The maximum atomic E-state index is 13.1. The average molecular weight is 319 g/mol. The average Bonchev–Trinajstić information content (AvgIpc) is 3.03. The van der Waals surface area contributed by atoms with Gasteiger partial charge in [-0.1, -0.05) is 44.2 Å². The molecule has 0 radical (unpaired) electrons. The van der Waals surface area contributed by atoms with Crippen molar-refractivity contribution >= 4 is 10.0 Å². The lowest BCUT2D eigenvalue weighted by Crippen LogP contribution is -2.33. The highest BCUT2D eigenvalue weighted by Gasteiger charge is 2.45. The van der Waals surface area contributed by atoms with Crippen molar-refractivity contribution < 1.29 is 8.42 Å². The summed E-state index contributed by atoms with van der Waals surface area (Å²) in [5.74, 6) is 0. The first-order chi connectivity index (χ1) is 10.3. The molecular weight excluding hydrogens is 298 g/mol. The standard InChI is InChI=1S/C16H21N3O2S/c1-16(2)11-14(13-7-5-4-6-8-13)19(12-16)22(20,21)15-9-10-17-18(15)3/h4-10,14H,11-12H2,1-3H3. The van der Waals surface area contributed by atoms with E-state index in [4.69, 9.17) is 0 Å². The number of hydrogen-bond acceptors (Lipinski definition) is 3. The van der Waals surface area contributed by atoms with Crippen LogP contribution in [0.3, 0.4) is 0 Å². The third kappa shape index (κ3) is 2.57. The van der Waals surface area contributed by atoms with E-state index >= 15 is 0 Å². The number of rotatable bonds is 3. The Morgan fingerprint density at radius 1 is 1.18 bits per heavy atom. The molecule has 0 amide bonds. The van der Waals surface area contributed by atoms with Gasteiger partial charge in [0.2, 0.25) is 0 Å². The van der Waals surface area contributed by atoms with Crippen molar-refractivity contribution in [3.8, 4) is 0 Å². The minimum Gasteiger partial charge on any atom is -0.256 e. The summed E-state index contributed by atoms with van der Waals surface area (Å²) in [6.07, 6.45) is 2.33. The fourth-order valence-corrected chi connectivity index (χ4v) is 5.07. The summed E-state index contributed by atoms with van der Waals surface area (Å²) in [5.41, 5.74) is 0.991. The van der Waals surface area contributed by atoms with Gasteiger partial charge >= 0.3 is 0 Å². The van der Waals surface area contributed by atoms with Gasteiger partial charge in [-0.15, -0.1) is 0 Å². The van der Waals surface area contributed by atoms with Crippen molar-refractivity contribution in [3.63, 3.8) is 0 Å². The molecule has 1 aromatic carbocycles. The zero-order valence-corrected chi connectivity index (χ0v) is 13.9. The van der Waals surface area contributed by atoms with Gasteiger partial charge in [-0.3, -0.25) is 4.68 Å². The molecule has 0 N–H and O–H groups in total. The van der Waals surface area contributed by atoms with Gasteiger partial charge in [0.15, 0.2) is 5.03 Å². The molecule has 2 aromatic rings. The Hall–Kier alpha value is -1.66. The first-order valence-electron chi connectivity index (χ1n) is 7.36. The van der Waals surface area contributed by atoms with Gasteiger partial charge in [0.05, 0.1) is 12.2 Å². The smallest absolute Gasteiger partial charge is 0.256 e. The predicted octanol–water partition coefficient (Wildman–Crippen LogP) is 2.58. The number of hydrogen-bond donors (Lipinski definition) is 0.